The number of benzene rings is 1. The van der Waals surface area contributed by atoms with Crippen molar-refractivity contribution < 1.29 is 5.11 Å². The molecule has 2 rings (SSSR count). The number of aryl methyl sites for hydroxylation is 1. The molecule has 0 fully saturated rings. The van der Waals surface area contributed by atoms with Crippen LogP contribution in [-0.4, -0.2) is 10.8 Å². The first-order valence-corrected chi connectivity index (χ1v) is 5.44. The van der Waals surface area contributed by atoms with Crippen LogP contribution >= 0.6 is 0 Å². The van der Waals surface area contributed by atoms with Crippen molar-refractivity contribution in [1.82, 2.24) is 0 Å². The zero-order valence-electron chi connectivity index (χ0n) is 9.67. The van der Waals surface area contributed by atoms with E-state index >= 15 is 0 Å². The fourth-order valence-corrected chi connectivity index (χ4v) is 1.46. The van der Waals surface area contributed by atoms with Crippen LogP contribution in [0.5, 0.6) is 0 Å². The molecule has 0 radical (unpaired) electrons. The molecule has 0 spiro atoms. The summed E-state index contributed by atoms with van der Waals surface area (Å²) in [6.45, 7) is 2.01. The van der Waals surface area contributed by atoms with Crippen LogP contribution in [0.4, 0.5) is 5.69 Å². The molecule has 1 aliphatic rings. The standard InChI is InChI=1S/C13H15N3O/c1-10-2-4-12(5-3-10)15-16-13(17)8-6-11(14)7-9-13/h2-8,17H,9,14H2,1H3. The molecule has 0 aromatic heterocycles. The Labute approximate surface area is 100 Å². The molecule has 4 heteroatoms. The van der Waals surface area contributed by atoms with Gasteiger partial charge in [0.1, 0.15) is 0 Å². The third kappa shape index (κ3) is 3.01. The highest BCUT2D eigenvalue weighted by atomic mass is 16.3. The van der Waals surface area contributed by atoms with Crippen LogP contribution in [0.1, 0.15) is 12.0 Å². The van der Waals surface area contributed by atoms with E-state index in [-0.39, 0.29) is 0 Å². The highest BCUT2D eigenvalue weighted by molar-refractivity contribution is 5.37. The molecule has 1 aliphatic carbocycles. The summed E-state index contributed by atoms with van der Waals surface area (Å²) in [5.41, 5.74) is 6.82. The van der Waals surface area contributed by atoms with E-state index in [4.69, 9.17) is 5.73 Å². The van der Waals surface area contributed by atoms with Crippen molar-refractivity contribution in [1.29, 1.82) is 0 Å². The van der Waals surface area contributed by atoms with Crippen LogP contribution in [0.3, 0.4) is 0 Å². The van der Waals surface area contributed by atoms with Gasteiger partial charge in [-0.05, 0) is 31.2 Å². The molecular weight excluding hydrogens is 214 g/mol. The first-order valence-electron chi connectivity index (χ1n) is 5.44. The molecule has 0 saturated carbocycles. The van der Waals surface area contributed by atoms with Crippen LogP contribution in [0.15, 0.2) is 58.4 Å². The molecule has 4 nitrogen and oxygen atoms in total. The van der Waals surface area contributed by atoms with Gasteiger partial charge in [-0.1, -0.05) is 23.8 Å². The van der Waals surface area contributed by atoms with Gasteiger partial charge >= 0.3 is 0 Å². The number of allylic oxidation sites excluding steroid dienone is 1. The third-order valence-corrected chi connectivity index (χ3v) is 2.55. The predicted molar refractivity (Wildman–Crippen MR) is 66.7 cm³/mol. The van der Waals surface area contributed by atoms with Gasteiger partial charge in [-0.15, -0.1) is 5.11 Å². The quantitative estimate of drug-likeness (QED) is 0.765. The Morgan fingerprint density at radius 1 is 1.29 bits per heavy atom. The summed E-state index contributed by atoms with van der Waals surface area (Å²) in [6, 6.07) is 7.62. The minimum Gasteiger partial charge on any atom is -0.399 e. The average molecular weight is 229 g/mol. The van der Waals surface area contributed by atoms with Crippen LogP contribution in [0, 0.1) is 6.92 Å². The molecule has 1 aromatic carbocycles. The van der Waals surface area contributed by atoms with Gasteiger partial charge in [-0.2, -0.15) is 5.11 Å². The lowest BCUT2D eigenvalue weighted by Gasteiger charge is -2.19. The fourth-order valence-electron chi connectivity index (χ4n) is 1.46. The minimum absolute atomic E-state index is 0.352. The summed E-state index contributed by atoms with van der Waals surface area (Å²) in [5, 5.41) is 18.0. The lowest BCUT2D eigenvalue weighted by atomic mass is 10.0. The van der Waals surface area contributed by atoms with Crippen molar-refractivity contribution >= 4 is 5.69 Å². The van der Waals surface area contributed by atoms with E-state index in [0.717, 1.165) is 11.3 Å². The van der Waals surface area contributed by atoms with Gasteiger partial charge in [-0.3, -0.25) is 0 Å². The maximum atomic E-state index is 10.1. The Kier molecular flexibility index (Phi) is 3.06. The third-order valence-electron chi connectivity index (χ3n) is 2.55. The van der Waals surface area contributed by atoms with Gasteiger partial charge in [0, 0.05) is 12.1 Å². The predicted octanol–water partition coefficient (Wildman–Crippen LogP) is 2.57. The zero-order chi connectivity index (χ0) is 12.3. The van der Waals surface area contributed by atoms with E-state index in [2.05, 4.69) is 10.2 Å². The summed E-state index contributed by atoms with van der Waals surface area (Å²) in [6.07, 6.45) is 5.27. The Balaban J connectivity index is 2.11. The van der Waals surface area contributed by atoms with E-state index in [9.17, 15) is 5.11 Å². The van der Waals surface area contributed by atoms with Gasteiger partial charge in [0.2, 0.25) is 0 Å². The smallest absolute Gasteiger partial charge is 0.199 e. The molecular formula is C13H15N3O. The summed E-state index contributed by atoms with van der Waals surface area (Å²) in [5.74, 6) is 0. The van der Waals surface area contributed by atoms with Gasteiger partial charge in [0.15, 0.2) is 5.72 Å². The van der Waals surface area contributed by atoms with E-state index in [1.165, 1.54) is 0 Å². The SMILES string of the molecule is Cc1ccc(N=NC2(O)C=CC(N)=CC2)cc1. The highest BCUT2D eigenvalue weighted by Crippen LogP contribution is 2.23. The largest absolute Gasteiger partial charge is 0.399 e. The molecule has 0 aliphatic heterocycles. The fraction of sp³-hybridized carbons (Fsp3) is 0.231. The topological polar surface area (TPSA) is 71.0 Å². The molecule has 3 N–H and O–H groups in total. The molecule has 1 aromatic rings. The van der Waals surface area contributed by atoms with Crippen molar-refractivity contribution in [3.63, 3.8) is 0 Å². The Morgan fingerprint density at radius 3 is 2.59 bits per heavy atom. The number of azo groups is 1. The van der Waals surface area contributed by atoms with E-state index < -0.39 is 5.72 Å². The molecule has 88 valence electrons. The van der Waals surface area contributed by atoms with Gasteiger partial charge in [-0.25, -0.2) is 0 Å². The van der Waals surface area contributed by atoms with Gasteiger partial charge < -0.3 is 10.8 Å². The van der Waals surface area contributed by atoms with Crippen molar-refractivity contribution in [3.05, 3.63) is 53.8 Å². The molecule has 1 atom stereocenters. The highest BCUT2D eigenvalue weighted by Gasteiger charge is 2.23. The number of rotatable bonds is 2. The molecule has 0 amide bonds. The number of aliphatic hydroxyl groups is 1. The molecule has 0 saturated heterocycles. The lowest BCUT2D eigenvalue weighted by molar-refractivity contribution is 0.0951. The van der Waals surface area contributed by atoms with Crippen LogP contribution in [0.2, 0.25) is 0 Å². The minimum atomic E-state index is -1.27. The van der Waals surface area contributed by atoms with Crippen molar-refractivity contribution in [2.24, 2.45) is 16.0 Å². The van der Waals surface area contributed by atoms with Gasteiger partial charge in [0.25, 0.3) is 0 Å². The lowest BCUT2D eigenvalue weighted by Crippen LogP contribution is -2.24. The number of hydrogen-bond acceptors (Lipinski definition) is 4. The Hall–Kier alpha value is -1.94. The molecule has 17 heavy (non-hydrogen) atoms. The summed E-state index contributed by atoms with van der Waals surface area (Å²) in [4.78, 5) is 0. The second-order valence-electron chi connectivity index (χ2n) is 4.16. The van der Waals surface area contributed by atoms with Gasteiger partial charge in [0.05, 0.1) is 5.69 Å². The van der Waals surface area contributed by atoms with Crippen LogP contribution in [-0.2, 0) is 0 Å². The van der Waals surface area contributed by atoms with E-state index in [1.807, 2.05) is 31.2 Å². The molecule has 0 bridgehead atoms. The summed E-state index contributed by atoms with van der Waals surface area (Å²) >= 11 is 0. The number of nitrogens with zero attached hydrogens (tertiary/aromatic N) is 2. The second kappa shape index (κ2) is 4.51. The van der Waals surface area contributed by atoms with E-state index in [0.29, 0.717) is 12.1 Å². The molecule has 1 unspecified atom stereocenters. The Bertz CT molecular complexity index is 488. The first kappa shape index (κ1) is 11.5. The van der Waals surface area contributed by atoms with Crippen molar-refractivity contribution in [2.45, 2.75) is 19.1 Å². The first-order chi connectivity index (χ1) is 8.07. The zero-order valence-corrected chi connectivity index (χ0v) is 9.67. The second-order valence-corrected chi connectivity index (χ2v) is 4.16. The van der Waals surface area contributed by atoms with E-state index in [1.54, 1.807) is 18.2 Å². The maximum absolute atomic E-state index is 10.1. The van der Waals surface area contributed by atoms with Crippen LogP contribution in [0.25, 0.3) is 0 Å². The van der Waals surface area contributed by atoms with Crippen molar-refractivity contribution in [2.75, 3.05) is 0 Å². The number of nitrogens with two attached hydrogens (primary N) is 1. The maximum Gasteiger partial charge on any atom is 0.199 e. The Morgan fingerprint density at radius 2 is 2.00 bits per heavy atom. The average Bonchev–Trinajstić information content (AvgIpc) is 2.33. The monoisotopic (exact) mass is 229 g/mol. The summed E-state index contributed by atoms with van der Waals surface area (Å²) < 4.78 is 0. The van der Waals surface area contributed by atoms with Crippen LogP contribution < -0.4 is 5.73 Å². The normalized spacial score (nSPS) is 24.0. The number of hydrogen-bond donors (Lipinski definition) is 2. The van der Waals surface area contributed by atoms with Crippen molar-refractivity contribution in [3.8, 4) is 0 Å². The summed E-state index contributed by atoms with van der Waals surface area (Å²) in [7, 11) is 0. The molecule has 0 heterocycles.